The number of nitrogens with zero attached hydrogens (tertiary/aromatic N) is 2. The van der Waals surface area contributed by atoms with Crippen molar-refractivity contribution in [1.82, 2.24) is 9.55 Å². The third-order valence-corrected chi connectivity index (χ3v) is 7.08. The van der Waals surface area contributed by atoms with Gasteiger partial charge in [0.1, 0.15) is 15.9 Å². The van der Waals surface area contributed by atoms with E-state index in [0.717, 1.165) is 43.0 Å². The number of methoxy groups -OCH3 is 1. The Morgan fingerprint density at radius 3 is 2.82 bits per heavy atom. The molecule has 2 heterocycles. The molecule has 1 aromatic carbocycles. The lowest BCUT2D eigenvalue weighted by molar-refractivity contribution is -0.139. The van der Waals surface area contributed by atoms with Gasteiger partial charge in [-0.3, -0.25) is 14.2 Å². The summed E-state index contributed by atoms with van der Waals surface area (Å²) in [4.78, 5) is 31.9. The summed E-state index contributed by atoms with van der Waals surface area (Å²) in [7, 11) is 1.31. The topological polar surface area (TPSA) is 61.2 Å². The lowest BCUT2D eigenvalue weighted by atomic mass is 9.97. The average molecular weight is 419 g/mol. The molecule has 1 atom stereocenters. The second-order valence-corrected chi connectivity index (χ2v) is 9.05. The van der Waals surface area contributed by atoms with Crippen LogP contribution in [0.25, 0.3) is 15.9 Å². The van der Waals surface area contributed by atoms with Crippen molar-refractivity contribution >= 4 is 39.3 Å². The van der Waals surface area contributed by atoms with Gasteiger partial charge in [-0.15, -0.1) is 11.3 Å². The van der Waals surface area contributed by atoms with Crippen molar-refractivity contribution in [2.45, 2.75) is 43.0 Å². The summed E-state index contributed by atoms with van der Waals surface area (Å²) in [6.45, 7) is 1.68. The van der Waals surface area contributed by atoms with Crippen LogP contribution in [0.1, 0.15) is 30.2 Å². The van der Waals surface area contributed by atoms with E-state index in [4.69, 9.17) is 4.74 Å². The van der Waals surface area contributed by atoms with Crippen LogP contribution in [0.4, 0.5) is 4.39 Å². The molecule has 0 radical (unpaired) electrons. The first-order chi connectivity index (χ1) is 13.5. The Hall–Kier alpha value is -2.19. The minimum Gasteiger partial charge on any atom is -0.468 e. The second kappa shape index (κ2) is 7.67. The molecule has 146 valence electrons. The highest BCUT2D eigenvalue weighted by molar-refractivity contribution is 8.00. The molecule has 0 saturated carbocycles. The van der Waals surface area contributed by atoms with Gasteiger partial charge in [-0.25, -0.2) is 9.37 Å². The molecule has 5 nitrogen and oxygen atoms in total. The monoisotopic (exact) mass is 418 g/mol. The number of hydrogen-bond acceptors (Lipinski definition) is 6. The van der Waals surface area contributed by atoms with E-state index in [-0.39, 0.29) is 11.2 Å². The normalized spacial score (nSPS) is 14.7. The number of hydrogen-bond donors (Lipinski definition) is 0. The van der Waals surface area contributed by atoms with Crippen molar-refractivity contribution in [1.29, 1.82) is 0 Å². The highest BCUT2D eigenvalue weighted by atomic mass is 32.2. The Labute approximate surface area is 169 Å². The molecule has 28 heavy (non-hydrogen) atoms. The number of fused-ring (bicyclic) bond motifs is 3. The highest BCUT2D eigenvalue weighted by Crippen LogP contribution is 2.36. The zero-order chi connectivity index (χ0) is 19.8. The van der Waals surface area contributed by atoms with Gasteiger partial charge < -0.3 is 4.74 Å². The Balaban J connectivity index is 1.98. The molecule has 0 amide bonds. The van der Waals surface area contributed by atoms with Crippen LogP contribution in [0, 0.1) is 5.82 Å². The number of rotatable bonds is 4. The van der Waals surface area contributed by atoms with Gasteiger partial charge in [-0.2, -0.15) is 0 Å². The number of carbonyl (C=O) groups is 1. The van der Waals surface area contributed by atoms with Gasteiger partial charge in [0.15, 0.2) is 5.16 Å². The molecule has 0 saturated heterocycles. The predicted octanol–water partition coefficient (Wildman–Crippen LogP) is 4.12. The van der Waals surface area contributed by atoms with Crippen LogP contribution in [-0.2, 0) is 22.4 Å². The van der Waals surface area contributed by atoms with Gasteiger partial charge in [0.05, 0.1) is 18.2 Å². The number of aromatic nitrogens is 2. The molecular weight excluding hydrogens is 399 g/mol. The van der Waals surface area contributed by atoms with Crippen molar-refractivity contribution in [2.75, 3.05) is 7.11 Å². The number of para-hydroxylation sites is 1. The van der Waals surface area contributed by atoms with E-state index in [0.29, 0.717) is 15.4 Å². The molecule has 0 bridgehead atoms. The minimum atomic E-state index is -0.582. The van der Waals surface area contributed by atoms with Crippen LogP contribution in [0.5, 0.6) is 0 Å². The summed E-state index contributed by atoms with van der Waals surface area (Å²) in [5, 5.41) is 0.291. The van der Waals surface area contributed by atoms with Gasteiger partial charge in [0, 0.05) is 4.88 Å². The van der Waals surface area contributed by atoms with Crippen molar-refractivity contribution in [3.8, 4) is 5.69 Å². The van der Waals surface area contributed by atoms with E-state index in [2.05, 4.69) is 4.98 Å². The van der Waals surface area contributed by atoms with Gasteiger partial charge in [-0.1, -0.05) is 23.9 Å². The summed E-state index contributed by atoms with van der Waals surface area (Å²) < 4.78 is 20.7. The predicted molar refractivity (Wildman–Crippen MR) is 109 cm³/mol. The third kappa shape index (κ3) is 3.24. The van der Waals surface area contributed by atoms with Gasteiger partial charge in [-0.05, 0) is 50.3 Å². The van der Waals surface area contributed by atoms with Gasteiger partial charge in [0.2, 0.25) is 0 Å². The van der Waals surface area contributed by atoms with Crippen molar-refractivity contribution < 1.29 is 13.9 Å². The molecule has 1 aliphatic rings. The van der Waals surface area contributed by atoms with Crippen LogP contribution in [-0.4, -0.2) is 27.9 Å². The first-order valence-electron chi connectivity index (χ1n) is 9.08. The zero-order valence-electron chi connectivity index (χ0n) is 15.5. The molecule has 8 heteroatoms. The van der Waals surface area contributed by atoms with Crippen LogP contribution in [0.3, 0.4) is 0 Å². The molecule has 1 unspecified atom stereocenters. The number of halogens is 1. The number of ether oxygens (including phenoxy) is 1. The molecule has 0 spiro atoms. The summed E-state index contributed by atoms with van der Waals surface area (Å²) in [6.07, 6.45) is 3.92. The first-order valence-corrected chi connectivity index (χ1v) is 10.8. The van der Waals surface area contributed by atoms with Crippen molar-refractivity contribution in [3.05, 3.63) is 50.9 Å². The molecule has 0 N–H and O–H groups in total. The molecule has 2 aromatic heterocycles. The van der Waals surface area contributed by atoms with E-state index in [1.807, 2.05) is 0 Å². The van der Waals surface area contributed by atoms with E-state index < -0.39 is 17.0 Å². The number of carbonyl (C=O) groups excluding carboxylic acids is 1. The second-order valence-electron chi connectivity index (χ2n) is 6.66. The van der Waals surface area contributed by atoms with Crippen LogP contribution >= 0.6 is 23.1 Å². The smallest absolute Gasteiger partial charge is 0.318 e. The maximum Gasteiger partial charge on any atom is 0.318 e. The Morgan fingerprint density at radius 1 is 1.32 bits per heavy atom. The highest BCUT2D eigenvalue weighted by Gasteiger charge is 2.26. The fraction of sp³-hybridized carbons (Fsp3) is 0.350. The average Bonchev–Trinajstić information content (AvgIpc) is 3.07. The summed E-state index contributed by atoms with van der Waals surface area (Å²) in [5.74, 6) is -0.938. The van der Waals surface area contributed by atoms with Crippen molar-refractivity contribution in [2.24, 2.45) is 0 Å². The molecule has 0 fully saturated rings. The summed E-state index contributed by atoms with van der Waals surface area (Å²) in [6, 6.07) is 6.12. The molecule has 4 rings (SSSR count). The number of aryl methyl sites for hydroxylation is 2. The number of thiophene rings is 1. The minimum absolute atomic E-state index is 0.136. The maximum atomic E-state index is 14.6. The van der Waals surface area contributed by atoms with E-state index in [9.17, 15) is 14.0 Å². The standard InChI is InChI=1S/C20H19FN2O3S2/c1-11(19(25)26-2)27-20-22-17-16(12-7-3-6-10-15(12)28-17)18(24)23(20)14-9-5-4-8-13(14)21/h4-5,8-9,11H,3,6-7,10H2,1-2H3. The van der Waals surface area contributed by atoms with Gasteiger partial charge >= 0.3 is 5.97 Å². The summed E-state index contributed by atoms with van der Waals surface area (Å²) >= 11 is 2.63. The SMILES string of the molecule is COC(=O)C(C)Sc1nc2sc3c(c2c(=O)n1-c1ccccc1F)CCCC3. The van der Waals surface area contributed by atoms with E-state index >= 15 is 0 Å². The Bertz CT molecular complexity index is 1120. The van der Waals surface area contributed by atoms with Crippen LogP contribution in [0.15, 0.2) is 34.2 Å². The summed E-state index contributed by atoms with van der Waals surface area (Å²) in [5.41, 5.74) is 0.901. The Morgan fingerprint density at radius 2 is 2.07 bits per heavy atom. The van der Waals surface area contributed by atoms with E-state index in [1.54, 1.807) is 25.1 Å². The van der Waals surface area contributed by atoms with Crippen molar-refractivity contribution in [3.63, 3.8) is 0 Å². The number of thioether (sulfide) groups is 1. The zero-order valence-corrected chi connectivity index (χ0v) is 17.2. The van der Waals surface area contributed by atoms with Crippen LogP contribution in [0.2, 0.25) is 0 Å². The first kappa shape index (κ1) is 19.1. The van der Waals surface area contributed by atoms with E-state index in [1.165, 1.54) is 34.0 Å². The third-order valence-electron chi connectivity index (χ3n) is 4.87. The number of esters is 1. The number of benzene rings is 1. The quantitative estimate of drug-likeness (QED) is 0.362. The maximum absolute atomic E-state index is 14.6. The lowest BCUT2D eigenvalue weighted by Crippen LogP contribution is -2.25. The van der Waals surface area contributed by atoms with Crippen LogP contribution < -0.4 is 5.56 Å². The van der Waals surface area contributed by atoms with Gasteiger partial charge in [0.25, 0.3) is 5.56 Å². The fourth-order valence-corrected chi connectivity index (χ4v) is 5.73. The molecule has 0 aliphatic heterocycles. The lowest BCUT2D eigenvalue weighted by Gasteiger charge is -2.15. The molecular formula is C20H19FN2O3S2. The fourth-order valence-electron chi connectivity index (χ4n) is 3.48. The molecule has 3 aromatic rings. The Kier molecular flexibility index (Phi) is 5.25. The molecule has 1 aliphatic carbocycles. The largest absolute Gasteiger partial charge is 0.468 e.